The van der Waals surface area contributed by atoms with E-state index in [-0.39, 0.29) is 5.92 Å². The number of hydrogen-bond acceptors (Lipinski definition) is 3. The van der Waals surface area contributed by atoms with Crippen molar-refractivity contribution in [3.8, 4) is 6.07 Å². The molecule has 3 nitrogen and oxygen atoms in total. The van der Waals surface area contributed by atoms with Crippen LogP contribution in [0.4, 0.5) is 11.4 Å². The first-order chi connectivity index (χ1) is 9.20. The SMILES string of the molecule is CN(C)c1cccc(NC2CCCCCC2C#N)c1. The van der Waals surface area contributed by atoms with E-state index in [1.165, 1.54) is 24.9 Å². The molecular formula is C16H23N3. The van der Waals surface area contributed by atoms with Gasteiger partial charge >= 0.3 is 0 Å². The fraction of sp³-hybridized carbons (Fsp3) is 0.562. The van der Waals surface area contributed by atoms with E-state index >= 15 is 0 Å². The molecule has 0 bridgehead atoms. The van der Waals surface area contributed by atoms with Crippen LogP contribution in [0.3, 0.4) is 0 Å². The van der Waals surface area contributed by atoms with Crippen LogP contribution in [-0.4, -0.2) is 20.1 Å². The predicted molar refractivity (Wildman–Crippen MR) is 80.4 cm³/mol. The summed E-state index contributed by atoms with van der Waals surface area (Å²) < 4.78 is 0. The summed E-state index contributed by atoms with van der Waals surface area (Å²) >= 11 is 0. The Balaban J connectivity index is 2.10. The monoisotopic (exact) mass is 257 g/mol. The van der Waals surface area contributed by atoms with Crippen LogP contribution < -0.4 is 10.2 Å². The summed E-state index contributed by atoms with van der Waals surface area (Å²) in [4.78, 5) is 2.10. The van der Waals surface area contributed by atoms with Crippen LogP contribution in [0.2, 0.25) is 0 Å². The van der Waals surface area contributed by atoms with Crippen molar-refractivity contribution in [1.82, 2.24) is 0 Å². The first kappa shape index (κ1) is 13.7. The quantitative estimate of drug-likeness (QED) is 0.840. The zero-order valence-corrected chi connectivity index (χ0v) is 11.9. The Bertz CT molecular complexity index is 448. The van der Waals surface area contributed by atoms with Crippen molar-refractivity contribution in [3.05, 3.63) is 24.3 Å². The summed E-state index contributed by atoms with van der Waals surface area (Å²) in [5.74, 6) is 0.144. The van der Waals surface area contributed by atoms with E-state index in [4.69, 9.17) is 0 Å². The van der Waals surface area contributed by atoms with Gasteiger partial charge in [0.1, 0.15) is 0 Å². The van der Waals surface area contributed by atoms with Crippen molar-refractivity contribution >= 4 is 11.4 Å². The lowest BCUT2D eigenvalue weighted by Crippen LogP contribution is -2.27. The summed E-state index contributed by atoms with van der Waals surface area (Å²) in [6.45, 7) is 0. The van der Waals surface area contributed by atoms with Crippen LogP contribution in [0.5, 0.6) is 0 Å². The molecule has 0 spiro atoms. The molecule has 0 aromatic heterocycles. The molecule has 0 amide bonds. The number of benzene rings is 1. The Kier molecular flexibility index (Phi) is 4.68. The van der Waals surface area contributed by atoms with Gasteiger partial charge in [-0.1, -0.05) is 25.3 Å². The second-order valence-corrected chi connectivity index (χ2v) is 5.57. The summed E-state index contributed by atoms with van der Waals surface area (Å²) in [5.41, 5.74) is 2.31. The number of anilines is 2. The Morgan fingerprint density at radius 2 is 2.00 bits per heavy atom. The van der Waals surface area contributed by atoms with Crippen molar-refractivity contribution < 1.29 is 0 Å². The third-order valence-corrected chi connectivity index (χ3v) is 3.90. The largest absolute Gasteiger partial charge is 0.381 e. The molecular weight excluding hydrogens is 234 g/mol. The number of nitriles is 1. The van der Waals surface area contributed by atoms with Crippen LogP contribution in [0.15, 0.2) is 24.3 Å². The van der Waals surface area contributed by atoms with Crippen molar-refractivity contribution in [2.75, 3.05) is 24.3 Å². The Morgan fingerprint density at radius 3 is 2.74 bits per heavy atom. The number of nitrogens with one attached hydrogen (secondary N) is 1. The van der Waals surface area contributed by atoms with Crippen LogP contribution in [0.25, 0.3) is 0 Å². The second-order valence-electron chi connectivity index (χ2n) is 5.57. The van der Waals surface area contributed by atoms with E-state index in [0.717, 1.165) is 18.5 Å². The highest BCUT2D eigenvalue weighted by molar-refractivity contribution is 5.57. The van der Waals surface area contributed by atoms with E-state index in [9.17, 15) is 5.26 Å². The third-order valence-electron chi connectivity index (χ3n) is 3.90. The molecule has 19 heavy (non-hydrogen) atoms. The van der Waals surface area contributed by atoms with Crippen LogP contribution in [-0.2, 0) is 0 Å². The molecule has 1 aromatic rings. The number of nitrogens with zero attached hydrogens (tertiary/aromatic N) is 2. The third kappa shape index (κ3) is 3.64. The van der Waals surface area contributed by atoms with E-state index in [0.29, 0.717) is 6.04 Å². The van der Waals surface area contributed by atoms with Gasteiger partial charge in [-0.3, -0.25) is 0 Å². The van der Waals surface area contributed by atoms with E-state index in [1.54, 1.807) is 0 Å². The van der Waals surface area contributed by atoms with Gasteiger partial charge in [0.2, 0.25) is 0 Å². The molecule has 1 aromatic carbocycles. The van der Waals surface area contributed by atoms with E-state index < -0.39 is 0 Å². The summed E-state index contributed by atoms with van der Waals surface area (Å²) in [6, 6.07) is 11.2. The predicted octanol–water partition coefficient (Wildman–Crippen LogP) is 3.64. The second kappa shape index (κ2) is 6.47. The zero-order valence-electron chi connectivity index (χ0n) is 11.9. The van der Waals surface area contributed by atoms with Crippen molar-refractivity contribution in [1.29, 1.82) is 5.26 Å². The van der Waals surface area contributed by atoms with Crippen molar-refractivity contribution in [2.24, 2.45) is 5.92 Å². The highest BCUT2D eigenvalue weighted by Gasteiger charge is 2.23. The van der Waals surface area contributed by atoms with Gasteiger partial charge in [0.15, 0.2) is 0 Å². The lowest BCUT2D eigenvalue weighted by molar-refractivity contribution is 0.514. The Morgan fingerprint density at radius 1 is 1.21 bits per heavy atom. The van der Waals surface area contributed by atoms with Crippen molar-refractivity contribution in [2.45, 2.75) is 38.1 Å². The molecule has 1 N–H and O–H groups in total. The summed E-state index contributed by atoms with van der Waals surface area (Å²) in [5, 5.41) is 12.9. The maximum absolute atomic E-state index is 9.31. The highest BCUT2D eigenvalue weighted by atomic mass is 15.1. The molecule has 3 heteroatoms. The average molecular weight is 257 g/mol. The molecule has 0 saturated heterocycles. The molecule has 0 heterocycles. The summed E-state index contributed by atoms with van der Waals surface area (Å²) in [6.07, 6.45) is 5.80. The lowest BCUT2D eigenvalue weighted by atomic mass is 9.96. The van der Waals surface area contributed by atoms with Crippen LogP contribution in [0.1, 0.15) is 32.1 Å². The summed E-state index contributed by atoms with van der Waals surface area (Å²) in [7, 11) is 4.09. The maximum Gasteiger partial charge on any atom is 0.0677 e. The molecule has 2 rings (SSSR count). The standard InChI is InChI=1S/C16H23N3/c1-19(2)15-9-6-8-14(11-15)18-16-10-5-3-4-7-13(16)12-17/h6,8-9,11,13,16,18H,3-5,7,10H2,1-2H3. The molecule has 2 atom stereocenters. The van der Waals surface area contributed by atoms with Gasteiger partial charge in [0.05, 0.1) is 12.0 Å². The molecule has 2 unspecified atom stereocenters. The Hall–Kier alpha value is -1.69. The van der Waals surface area contributed by atoms with E-state index in [2.05, 4.69) is 40.6 Å². The maximum atomic E-state index is 9.31. The molecule has 102 valence electrons. The van der Waals surface area contributed by atoms with Crippen LogP contribution >= 0.6 is 0 Å². The molecule has 0 aliphatic heterocycles. The molecule has 0 radical (unpaired) electrons. The normalized spacial score (nSPS) is 23.2. The van der Waals surface area contributed by atoms with Gasteiger partial charge in [-0.25, -0.2) is 0 Å². The van der Waals surface area contributed by atoms with Gasteiger partial charge < -0.3 is 10.2 Å². The van der Waals surface area contributed by atoms with Gasteiger partial charge in [-0.2, -0.15) is 5.26 Å². The van der Waals surface area contributed by atoms with Gasteiger partial charge in [-0.15, -0.1) is 0 Å². The van der Waals surface area contributed by atoms with Crippen LogP contribution in [0, 0.1) is 17.2 Å². The minimum atomic E-state index is 0.144. The fourth-order valence-electron chi connectivity index (χ4n) is 2.72. The zero-order chi connectivity index (χ0) is 13.7. The Labute approximate surface area is 116 Å². The molecule has 1 aliphatic rings. The molecule has 1 fully saturated rings. The number of hydrogen-bond donors (Lipinski definition) is 1. The minimum Gasteiger partial charge on any atom is -0.381 e. The van der Waals surface area contributed by atoms with Gasteiger partial charge in [0.25, 0.3) is 0 Å². The lowest BCUT2D eigenvalue weighted by Gasteiger charge is -2.23. The van der Waals surface area contributed by atoms with Gasteiger partial charge in [0, 0.05) is 31.5 Å². The fourth-order valence-corrected chi connectivity index (χ4v) is 2.72. The minimum absolute atomic E-state index is 0.144. The van der Waals surface area contributed by atoms with Crippen molar-refractivity contribution in [3.63, 3.8) is 0 Å². The molecule has 1 aliphatic carbocycles. The first-order valence-corrected chi connectivity index (χ1v) is 7.14. The number of rotatable bonds is 3. The first-order valence-electron chi connectivity index (χ1n) is 7.14. The average Bonchev–Trinajstić information content (AvgIpc) is 2.64. The van der Waals surface area contributed by atoms with E-state index in [1.807, 2.05) is 14.1 Å². The molecule has 1 saturated carbocycles. The van der Waals surface area contributed by atoms with Gasteiger partial charge in [-0.05, 0) is 31.0 Å². The topological polar surface area (TPSA) is 39.1 Å². The highest BCUT2D eigenvalue weighted by Crippen LogP contribution is 2.27. The smallest absolute Gasteiger partial charge is 0.0677 e.